The van der Waals surface area contributed by atoms with Gasteiger partial charge in [0, 0.05) is 5.56 Å². The van der Waals surface area contributed by atoms with Crippen LogP contribution in [0.2, 0.25) is 0 Å². The molecule has 1 heteroatoms. The Morgan fingerprint density at radius 2 is 1.53 bits per heavy atom. The molecule has 0 nitrogen and oxygen atoms in total. The monoisotopic (exact) mass is 221 g/mol. The number of rotatable bonds is 2. The Bertz CT molecular complexity index is 325. The van der Waals surface area contributed by atoms with Gasteiger partial charge in [-0.25, -0.2) is 0 Å². The fourth-order valence-corrected chi connectivity index (χ4v) is 5.08. The van der Waals surface area contributed by atoms with Gasteiger partial charge in [-0.05, 0) is 55.6 Å². The van der Waals surface area contributed by atoms with Gasteiger partial charge in [0.2, 0.25) is 0 Å². The molecule has 82 valence electrons. The molecule has 0 amide bonds. The van der Waals surface area contributed by atoms with Crippen molar-refractivity contribution in [1.29, 1.82) is 0 Å². The summed E-state index contributed by atoms with van der Waals surface area (Å²) in [4.78, 5) is 0. The van der Waals surface area contributed by atoms with Crippen molar-refractivity contribution in [2.24, 2.45) is 0 Å². The fourth-order valence-electron chi connectivity index (χ4n) is 2.50. The lowest BCUT2D eigenvalue weighted by atomic mass is 10.0. The molecule has 2 rings (SSSR count). The van der Waals surface area contributed by atoms with E-state index in [1.807, 2.05) is 0 Å². The molecule has 1 fully saturated rings. The number of benzene rings is 1. The third kappa shape index (κ3) is 2.57. The number of hydrogen-bond acceptors (Lipinski definition) is 0. The van der Waals surface area contributed by atoms with E-state index in [2.05, 4.69) is 32.9 Å². The molecule has 1 aromatic rings. The van der Waals surface area contributed by atoms with E-state index in [1.54, 1.807) is 5.56 Å². The van der Waals surface area contributed by atoms with Gasteiger partial charge in [-0.1, -0.05) is 17.7 Å². The third-order valence-corrected chi connectivity index (χ3v) is 5.73. The summed E-state index contributed by atoms with van der Waals surface area (Å²) in [6.45, 7) is 6.74. The first-order chi connectivity index (χ1) is 7.16. The highest BCUT2D eigenvalue weighted by Gasteiger charge is 2.25. The van der Waals surface area contributed by atoms with Gasteiger partial charge in [-0.2, -0.15) is 0 Å². The zero-order chi connectivity index (χ0) is 10.8. The SMILES string of the molecule is Cc1cc(C)c(C[S+]2CCCC2)c(C)c1. The average molecular weight is 221 g/mol. The van der Waals surface area contributed by atoms with Crippen molar-refractivity contribution in [1.82, 2.24) is 0 Å². The third-order valence-electron chi connectivity index (χ3n) is 3.30. The Morgan fingerprint density at radius 1 is 1.00 bits per heavy atom. The van der Waals surface area contributed by atoms with Crippen LogP contribution >= 0.6 is 0 Å². The highest BCUT2D eigenvalue weighted by Crippen LogP contribution is 2.23. The van der Waals surface area contributed by atoms with Crippen molar-refractivity contribution >= 4 is 10.9 Å². The molecule has 1 saturated heterocycles. The Balaban J connectivity index is 2.19. The summed E-state index contributed by atoms with van der Waals surface area (Å²) in [5.74, 6) is 4.30. The Labute approximate surface area is 96.4 Å². The van der Waals surface area contributed by atoms with Crippen LogP contribution in [0.15, 0.2) is 12.1 Å². The van der Waals surface area contributed by atoms with E-state index in [4.69, 9.17) is 0 Å². The summed E-state index contributed by atoms with van der Waals surface area (Å²) >= 11 is 0. The first-order valence-corrected chi connectivity index (χ1v) is 7.61. The highest BCUT2D eigenvalue weighted by molar-refractivity contribution is 7.96. The molecule has 0 N–H and O–H groups in total. The Hall–Kier alpha value is -0.430. The van der Waals surface area contributed by atoms with E-state index in [-0.39, 0.29) is 0 Å². The lowest BCUT2D eigenvalue weighted by molar-refractivity contribution is 0.949. The van der Waals surface area contributed by atoms with Gasteiger partial charge in [0.25, 0.3) is 0 Å². The molecule has 0 atom stereocenters. The Morgan fingerprint density at radius 3 is 2.07 bits per heavy atom. The minimum Gasteiger partial charge on any atom is -0.0559 e. The quantitative estimate of drug-likeness (QED) is 0.670. The van der Waals surface area contributed by atoms with Crippen molar-refractivity contribution in [3.8, 4) is 0 Å². The second-order valence-corrected chi connectivity index (χ2v) is 7.08. The van der Waals surface area contributed by atoms with Gasteiger partial charge < -0.3 is 0 Å². The molecule has 0 bridgehead atoms. The normalized spacial score (nSPS) is 17.3. The second-order valence-electron chi connectivity index (χ2n) is 4.75. The largest absolute Gasteiger partial charge is 0.133 e. The zero-order valence-corrected chi connectivity index (χ0v) is 10.9. The molecule has 0 unspecified atom stereocenters. The van der Waals surface area contributed by atoms with Crippen LogP contribution in [0, 0.1) is 20.8 Å². The van der Waals surface area contributed by atoms with Crippen LogP contribution in [-0.4, -0.2) is 11.5 Å². The maximum absolute atomic E-state index is 2.34. The first kappa shape index (κ1) is 11.1. The molecule has 0 saturated carbocycles. The van der Waals surface area contributed by atoms with E-state index >= 15 is 0 Å². The first-order valence-electron chi connectivity index (χ1n) is 5.87. The predicted molar refractivity (Wildman–Crippen MR) is 70.7 cm³/mol. The molecule has 1 aliphatic rings. The molecule has 1 aromatic carbocycles. The van der Waals surface area contributed by atoms with Crippen LogP contribution < -0.4 is 0 Å². The van der Waals surface area contributed by atoms with E-state index in [9.17, 15) is 0 Å². The van der Waals surface area contributed by atoms with Crippen LogP contribution in [0.5, 0.6) is 0 Å². The molecule has 0 radical (unpaired) electrons. The second kappa shape index (κ2) is 4.61. The minimum absolute atomic E-state index is 0.695. The molecule has 15 heavy (non-hydrogen) atoms. The van der Waals surface area contributed by atoms with Crippen molar-refractivity contribution in [2.45, 2.75) is 39.4 Å². The summed E-state index contributed by atoms with van der Waals surface area (Å²) in [5.41, 5.74) is 6.05. The van der Waals surface area contributed by atoms with Crippen molar-refractivity contribution < 1.29 is 0 Å². The van der Waals surface area contributed by atoms with Gasteiger partial charge in [-0.3, -0.25) is 0 Å². The lowest BCUT2D eigenvalue weighted by Crippen LogP contribution is -2.09. The molecule has 1 aliphatic heterocycles. The van der Waals surface area contributed by atoms with Crippen LogP contribution in [0.25, 0.3) is 0 Å². The summed E-state index contributed by atoms with van der Waals surface area (Å²) in [6, 6.07) is 4.67. The van der Waals surface area contributed by atoms with Gasteiger partial charge in [0.05, 0.1) is 0 Å². The van der Waals surface area contributed by atoms with Crippen molar-refractivity contribution in [3.05, 3.63) is 34.4 Å². The van der Waals surface area contributed by atoms with Gasteiger partial charge in [0.1, 0.15) is 17.3 Å². The number of aryl methyl sites for hydroxylation is 3. The van der Waals surface area contributed by atoms with Crippen LogP contribution in [0.4, 0.5) is 0 Å². The average Bonchev–Trinajstić information content (AvgIpc) is 2.63. The van der Waals surface area contributed by atoms with E-state index < -0.39 is 0 Å². The molecule has 0 aromatic heterocycles. The summed E-state index contributed by atoms with van der Waals surface area (Å²) in [5, 5.41) is 0. The highest BCUT2D eigenvalue weighted by atomic mass is 32.2. The van der Waals surface area contributed by atoms with Crippen molar-refractivity contribution in [3.63, 3.8) is 0 Å². The molecular formula is C14H21S+. The molecule has 0 aliphatic carbocycles. The zero-order valence-electron chi connectivity index (χ0n) is 10.1. The smallest absolute Gasteiger partial charge is 0.0559 e. The summed E-state index contributed by atoms with van der Waals surface area (Å²) < 4.78 is 0. The number of hydrogen-bond donors (Lipinski definition) is 0. The molecular weight excluding hydrogens is 200 g/mol. The van der Waals surface area contributed by atoms with Crippen LogP contribution in [0.1, 0.15) is 35.1 Å². The topological polar surface area (TPSA) is 0 Å². The van der Waals surface area contributed by atoms with Crippen LogP contribution in [0.3, 0.4) is 0 Å². The maximum Gasteiger partial charge on any atom is 0.133 e. The van der Waals surface area contributed by atoms with Gasteiger partial charge >= 0.3 is 0 Å². The molecule has 1 heterocycles. The van der Waals surface area contributed by atoms with Crippen LogP contribution in [-0.2, 0) is 16.6 Å². The maximum atomic E-state index is 2.34. The van der Waals surface area contributed by atoms with Crippen molar-refractivity contribution in [2.75, 3.05) is 11.5 Å². The fraction of sp³-hybridized carbons (Fsp3) is 0.571. The predicted octanol–water partition coefficient (Wildman–Crippen LogP) is 3.52. The minimum atomic E-state index is 0.695. The molecule has 0 spiro atoms. The van der Waals surface area contributed by atoms with E-state index in [0.717, 1.165) is 0 Å². The van der Waals surface area contributed by atoms with E-state index in [0.29, 0.717) is 10.9 Å². The Kier molecular flexibility index (Phi) is 3.40. The summed E-state index contributed by atoms with van der Waals surface area (Å²) in [6.07, 6.45) is 2.93. The van der Waals surface area contributed by atoms with Gasteiger partial charge in [0.15, 0.2) is 0 Å². The van der Waals surface area contributed by atoms with E-state index in [1.165, 1.54) is 46.8 Å². The van der Waals surface area contributed by atoms with Gasteiger partial charge in [-0.15, -0.1) is 0 Å². The summed E-state index contributed by atoms with van der Waals surface area (Å²) in [7, 11) is 0.695. The lowest BCUT2D eigenvalue weighted by Gasteiger charge is -2.10. The standard InChI is InChI=1S/C14H21S/c1-11-8-12(2)14(13(3)9-11)10-15-6-4-5-7-15/h8-9H,4-7,10H2,1-3H3/q+1.